The number of carbonyl (C=O) groups excluding carboxylic acids is 3. The van der Waals surface area contributed by atoms with Crippen LogP contribution in [0, 0.1) is 0 Å². The molecule has 0 bridgehead atoms. The molecule has 3 N–H and O–H groups in total. The molecule has 0 aliphatic heterocycles. The number of hydrogen-bond donors (Lipinski definition) is 2. The van der Waals surface area contributed by atoms with Gasteiger partial charge >= 0.3 is 5.97 Å². The Morgan fingerprint density at radius 2 is 2.00 bits per heavy atom. The molecule has 0 radical (unpaired) electrons. The zero-order valence-corrected chi connectivity index (χ0v) is 13.3. The summed E-state index contributed by atoms with van der Waals surface area (Å²) in [6.45, 7) is 0.311. The first-order valence-electron chi connectivity index (χ1n) is 7.67. The molecule has 1 aromatic heterocycles. The fraction of sp³-hybridized carbons (Fsp3) is 0.533. The van der Waals surface area contributed by atoms with Gasteiger partial charge in [-0.25, -0.2) is 4.98 Å². The van der Waals surface area contributed by atoms with Gasteiger partial charge in [0.15, 0.2) is 0 Å². The number of imide groups is 1. The Bertz CT molecular complexity index is 558. The van der Waals surface area contributed by atoms with E-state index in [0.717, 1.165) is 19.4 Å². The summed E-state index contributed by atoms with van der Waals surface area (Å²) < 4.78 is 1.92. The molecule has 0 fully saturated rings. The number of aldehydes is 1. The van der Waals surface area contributed by atoms with Crippen LogP contribution in [0.2, 0.25) is 0 Å². The van der Waals surface area contributed by atoms with Crippen LogP contribution in [0.5, 0.6) is 0 Å². The van der Waals surface area contributed by atoms with E-state index in [4.69, 9.17) is 10.8 Å². The molecule has 9 heteroatoms. The van der Waals surface area contributed by atoms with Crippen molar-refractivity contribution in [2.45, 2.75) is 44.7 Å². The lowest BCUT2D eigenvalue weighted by atomic mass is 10.1. The molecule has 1 heterocycles. The zero-order valence-electron chi connectivity index (χ0n) is 13.3. The summed E-state index contributed by atoms with van der Waals surface area (Å²) in [6.07, 6.45) is 7.06. The second-order valence-corrected chi connectivity index (χ2v) is 5.27. The quantitative estimate of drug-likeness (QED) is 0.421. The number of aromatic nitrogens is 2. The summed E-state index contributed by atoms with van der Waals surface area (Å²) >= 11 is 0. The number of unbranched alkanes of at least 4 members (excludes halogenated alkanes) is 2. The zero-order chi connectivity index (χ0) is 17.9. The Morgan fingerprint density at radius 1 is 1.25 bits per heavy atom. The molecule has 9 nitrogen and oxygen atoms in total. The van der Waals surface area contributed by atoms with E-state index in [0.29, 0.717) is 17.6 Å². The van der Waals surface area contributed by atoms with E-state index in [2.05, 4.69) is 4.98 Å². The fourth-order valence-electron chi connectivity index (χ4n) is 2.27. The van der Waals surface area contributed by atoms with Crippen LogP contribution >= 0.6 is 0 Å². The fourth-order valence-corrected chi connectivity index (χ4v) is 2.27. The maximum atomic E-state index is 12.2. The number of rotatable bonds is 11. The van der Waals surface area contributed by atoms with Crippen molar-refractivity contribution < 1.29 is 24.3 Å². The molecule has 1 atom stereocenters. The number of carboxylic acids is 1. The SMILES string of the molecule is NCC(=O)N(C(=O)CCCCCn1ccnc1)[C@H](C=O)CC(=O)O. The third-order valence-electron chi connectivity index (χ3n) is 3.45. The third-order valence-corrected chi connectivity index (χ3v) is 3.45. The Hall–Kier alpha value is -2.55. The first kappa shape index (κ1) is 19.5. The molecular weight excluding hydrogens is 316 g/mol. The van der Waals surface area contributed by atoms with Gasteiger partial charge in [0.25, 0.3) is 0 Å². The van der Waals surface area contributed by atoms with Gasteiger partial charge in [-0.2, -0.15) is 0 Å². The van der Waals surface area contributed by atoms with E-state index in [9.17, 15) is 19.2 Å². The van der Waals surface area contributed by atoms with E-state index < -0.39 is 36.8 Å². The van der Waals surface area contributed by atoms with E-state index in [1.807, 2.05) is 10.8 Å². The van der Waals surface area contributed by atoms with Gasteiger partial charge in [-0.05, 0) is 12.8 Å². The molecule has 1 aromatic rings. The van der Waals surface area contributed by atoms with Crippen molar-refractivity contribution in [2.24, 2.45) is 5.73 Å². The number of carbonyl (C=O) groups is 4. The summed E-state index contributed by atoms with van der Waals surface area (Å²) in [5.41, 5.74) is 5.25. The molecular formula is C15H22N4O5. The summed E-state index contributed by atoms with van der Waals surface area (Å²) in [6, 6.07) is -1.32. The number of aryl methyl sites for hydroxylation is 1. The van der Waals surface area contributed by atoms with Gasteiger partial charge < -0.3 is 20.2 Å². The van der Waals surface area contributed by atoms with Gasteiger partial charge in [-0.3, -0.25) is 19.3 Å². The van der Waals surface area contributed by atoms with E-state index in [1.54, 1.807) is 12.5 Å². The highest BCUT2D eigenvalue weighted by atomic mass is 16.4. The molecule has 0 saturated heterocycles. The van der Waals surface area contributed by atoms with Crippen LogP contribution in [0.15, 0.2) is 18.7 Å². The second-order valence-electron chi connectivity index (χ2n) is 5.27. The molecule has 0 aliphatic carbocycles. The maximum absolute atomic E-state index is 12.2. The molecule has 0 unspecified atom stereocenters. The summed E-state index contributed by atoms with van der Waals surface area (Å²) in [7, 11) is 0. The Kier molecular flexibility index (Phi) is 8.34. The molecule has 24 heavy (non-hydrogen) atoms. The molecule has 1 rings (SSSR count). The van der Waals surface area contributed by atoms with Crippen molar-refractivity contribution in [3.05, 3.63) is 18.7 Å². The van der Waals surface area contributed by atoms with Gasteiger partial charge in [0.05, 0.1) is 19.3 Å². The van der Waals surface area contributed by atoms with Crippen molar-refractivity contribution in [1.82, 2.24) is 14.5 Å². The van der Waals surface area contributed by atoms with E-state index in [1.165, 1.54) is 0 Å². The van der Waals surface area contributed by atoms with Gasteiger partial charge in [0, 0.05) is 25.4 Å². The average molecular weight is 338 g/mol. The largest absolute Gasteiger partial charge is 0.481 e. The Morgan fingerprint density at radius 3 is 2.54 bits per heavy atom. The van der Waals surface area contributed by atoms with Crippen molar-refractivity contribution in [3.8, 4) is 0 Å². The number of imidazole rings is 1. The summed E-state index contributed by atoms with van der Waals surface area (Å²) in [5.74, 6) is -2.60. The number of nitrogens with zero attached hydrogens (tertiary/aromatic N) is 3. The van der Waals surface area contributed by atoms with E-state index >= 15 is 0 Å². The van der Waals surface area contributed by atoms with Gasteiger partial charge in [0.2, 0.25) is 11.8 Å². The minimum Gasteiger partial charge on any atom is -0.481 e. The molecule has 0 aromatic carbocycles. The first-order valence-corrected chi connectivity index (χ1v) is 7.67. The third kappa shape index (κ3) is 6.29. The van der Waals surface area contributed by atoms with Crippen LogP contribution in [-0.4, -0.2) is 56.2 Å². The van der Waals surface area contributed by atoms with E-state index in [-0.39, 0.29) is 6.42 Å². The number of amides is 2. The molecule has 0 aliphatic rings. The summed E-state index contributed by atoms with van der Waals surface area (Å²) in [4.78, 5) is 50.4. The number of hydrogen-bond acceptors (Lipinski definition) is 6. The maximum Gasteiger partial charge on any atom is 0.305 e. The van der Waals surface area contributed by atoms with Crippen LogP contribution < -0.4 is 5.73 Å². The lowest BCUT2D eigenvalue weighted by Gasteiger charge is -2.25. The van der Waals surface area contributed by atoms with Gasteiger partial charge in [-0.15, -0.1) is 0 Å². The van der Waals surface area contributed by atoms with Crippen molar-refractivity contribution >= 4 is 24.1 Å². The van der Waals surface area contributed by atoms with Gasteiger partial charge in [-0.1, -0.05) is 6.42 Å². The minimum absolute atomic E-state index is 0.0552. The van der Waals surface area contributed by atoms with Crippen molar-refractivity contribution in [2.75, 3.05) is 6.54 Å². The highest BCUT2D eigenvalue weighted by molar-refractivity contribution is 5.99. The number of carboxylic acid groups (broad SMARTS) is 1. The van der Waals surface area contributed by atoms with Crippen LogP contribution in [0.25, 0.3) is 0 Å². The minimum atomic E-state index is -1.32. The average Bonchev–Trinajstić information content (AvgIpc) is 3.06. The van der Waals surface area contributed by atoms with Crippen molar-refractivity contribution in [3.63, 3.8) is 0 Å². The monoisotopic (exact) mass is 338 g/mol. The predicted molar refractivity (Wildman–Crippen MR) is 83.7 cm³/mol. The molecule has 0 spiro atoms. The Labute approximate surface area is 139 Å². The standard InChI is InChI=1S/C15H22N4O5/c16-9-14(22)19(12(10-20)8-15(23)24)13(21)4-2-1-3-6-18-7-5-17-11-18/h5,7,10-12H,1-4,6,8-9,16H2,(H,23,24)/t12-/m0/s1. The lowest BCUT2D eigenvalue weighted by molar-refractivity contribution is -0.151. The van der Waals surface area contributed by atoms with Crippen molar-refractivity contribution in [1.29, 1.82) is 0 Å². The molecule has 132 valence electrons. The topological polar surface area (TPSA) is 136 Å². The molecule has 2 amide bonds. The van der Waals surface area contributed by atoms with Gasteiger partial charge in [0.1, 0.15) is 12.3 Å². The summed E-state index contributed by atoms with van der Waals surface area (Å²) in [5, 5.41) is 8.79. The lowest BCUT2D eigenvalue weighted by Crippen LogP contribution is -2.48. The van der Waals surface area contributed by atoms with Crippen LogP contribution in [0.3, 0.4) is 0 Å². The highest BCUT2D eigenvalue weighted by Gasteiger charge is 2.29. The second kappa shape index (κ2) is 10.3. The van der Waals surface area contributed by atoms with Crippen LogP contribution in [-0.2, 0) is 25.7 Å². The normalized spacial score (nSPS) is 11.7. The first-order chi connectivity index (χ1) is 11.5. The Balaban J connectivity index is 2.49. The smallest absolute Gasteiger partial charge is 0.305 e. The molecule has 0 saturated carbocycles. The number of aliphatic carboxylic acids is 1. The number of nitrogens with two attached hydrogens (primary N) is 1. The van der Waals surface area contributed by atoms with Crippen LogP contribution in [0.1, 0.15) is 32.1 Å². The van der Waals surface area contributed by atoms with Crippen LogP contribution in [0.4, 0.5) is 0 Å². The highest BCUT2D eigenvalue weighted by Crippen LogP contribution is 2.10. The predicted octanol–water partition coefficient (Wildman–Crippen LogP) is -0.200.